The molecule has 0 saturated carbocycles. The highest BCUT2D eigenvalue weighted by atomic mass is 35.5. The smallest absolute Gasteiger partial charge is 0.219 e. The summed E-state index contributed by atoms with van der Waals surface area (Å²) in [7, 11) is 3.28. The fourth-order valence-corrected chi connectivity index (χ4v) is 2.86. The maximum absolute atomic E-state index is 6.35. The monoisotopic (exact) mass is 349 g/mol. The first-order valence-corrected chi connectivity index (χ1v) is 7.49. The van der Waals surface area contributed by atoms with Crippen LogP contribution in [0.25, 0.3) is 22.0 Å². The molecule has 2 aromatic carbocycles. The van der Waals surface area contributed by atoms with Gasteiger partial charge in [0.15, 0.2) is 0 Å². The highest BCUT2D eigenvalue weighted by molar-refractivity contribution is 6.36. The number of fused-ring (bicyclic) bond motifs is 1. The van der Waals surface area contributed by atoms with Crippen molar-refractivity contribution in [2.24, 2.45) is 12.0 Å². The predicted molar refractivity (Wildman–Crippen MR) is 92.4 cm³/mol. The van der Waals surface area contributed by atoms with Gasteiger partial charge >= 0.3 is 0 Å². The van der Waals surface area contributed by atoms with E-state index in [9.17, 15) is 0 Å². The van der Waals surface area contributed by atoms with Gasteiger partial charge in [0.05, 0.1) is 12.8 Å². The molecule has 0 saturated heterocycles. The molecule has 0 aliphatic carbocycles. The molecule has 0 bridgehead atoms. The van der Waals surface area contributed by atoms with E-state index in [1.807, 2.05) is 31.4 Å². The molecule has 0 unspecified atom stereocenters. The van der Waals surface area contributed by atoms with E-state index in [1.54, 1.807) is 16.8 Å². The number of nitrogens with zero attached hydrogens (tertiary/aromatic N) is 3. The third kappa shape index (κ3) is 3.32. The minimum atomic E-state index is 0.554. The van der Waals surface area contributed by atoms with Crippen molar-refractivity contribution in [2.45, 2.75) is 0 Å². The normalized spacial score (nSPS) is 11.5. The first kappa shape index (κ1) is 15.8. The van der Waals surface area contributed by atoms with Gasteiger partial charge in [-0.05, 0) is 24.3 Å². The predicted octanol–water partition coefficient (Wildman–Crippen LogP) is 4.78. The molecule has 0 amide bonds. The summed E-state index contributed by atoms with van der Waals surface area (Å²) >= 11 is 12.3. The third-order valence-electron chi connectivity index (χ3n) is 3.27. The number of rotatable bonds is 4. The Morgan fingerprint density at radius 2 is 2.00 bits per heavy atom. The van der Waals surface area contributed by atoms with Crippen LogP contribution >= 0.6 is 23.2 Å². The average Bonchev–Trinajstić information content (AvgIpc) is 2.87. The molecule has 0 aliphatic rings. The van der Waals surface area contributed by atoms with Gasteiger partial charge in [-0.15, -0.1) is 0 Å². The quantitative estimate of drug-likeness (QED) is 0.294. The largest absolute Gasteiger partial charge is 0.325 e. The number of aryl methyl sites for hydroxylation is 1. The van der Waals surface area contributed by atoms with Gasteiger partial charge in [0.2, 0.25) is 6.40 Å². The Morgan fingerprint density at radius 1 is 1.17 bits per heavy atom. The van der Waals surface area contributed by atoms with Gasteiger partial charge in [-0.1, -0.05) is 29.3 Å². The maximum Gasteiger partial charge on any atom is 0.219 e. The second-order valence-corrected chi connectivity index (χ2v) is 5.70. The van der Waals surface area contributed by atoms with Crippen molar-refractivity contribution < 1.29 is 9.78 Å². The molecule has 118 valence electrons. The zero-order valence-electron chi connectivity index (χ0n) is 12.5. The number of hydrogen-bond donors (Lipinski definition) is 0. The minimum Gasteiger partial charge on any atom is -0.325 e. The van der Waals surface area contributed by atoms with Gasteiger partial charge in [0.1, 0.15) is 5.52 Å². The molecule has 0 aliphatic heterocycles. The molecule has 3 rings (SSSR count). The lowest BCUT2D eigenvalue weighted by molar-refractivity contribution is -0.187. The topological polar surface area (TPSA) is 48.6 Å². The number of halogens is 2. The Bertz CT molecular complexity index is 890. The summed E-state index contributed by atoms with van der Waals surface area (Å²) in [6, 6.07) is 9.16. The summed E-state index contributed by atoms with van der Waals surface area (Å²) in [5, 5.41) is 6.59. The lowest BCUT2D eigenvalue weighted by Gasteiger charge is -2.07. The van der Waals surface area contributed by atoms with Crippen molar-refractivity contribution in [1.82, 2.24) is 9.78 Å². The molecule has 0 atom stereocenters. The van der Waals surface area contributed by atoms with Crippen LogP contribution in [0.2, 0.25) is 10.0 Å². The molecule has 23 heavy (non-hydrogen) atoms. The Labute approximate surface area is 143 Å². The number of benzene rings is 2. The van der Waals surface area contributed by atoms with Gasteiger partial charge in [0, 0.05) is 39.8 Å². The van der Waals surface area contributed by atoms with E-state index in [0.29, 0.717) is 15.7 Å². The Morgan fingerprint density at radius 3 is 2.74 bits per heavy atom. The first-order chi connectivity index (χ1) is 11.1. The van der Waals surface area contributed by atoms with E-state index in [4.69, 9.17) is 23.2 Å². The summed E-state index contributed by atoms with van der Waals surface area (Å²) in [4.78, 5) is 13.4. The van der Waals surface area contributed by atoms with Gasteiger partial charge in [-0.3, -0.25) is 4.68 Å². The molecule has 0 N–H and O–H groups in total. The fraction of sp³-hybridized carbons (Fsp3) is 0.125. The van der Waals surface area contributed by atoms with Crippen LogP contribution in [0.5, 0.6) is 0 Å². The fourth-order valence-electron chi connectivity index (χ4n) is 2.35. The maximum atomic E-state index is 6.35. The molecule has 0 radical (unpaired) electrons. The summed E-state index contributed by atoms with van der Waals surface area (Å²) in [5.41, 5.74) is 3.24. The van der Waals surface area contributed by atoms with E-state index < -0.39 is 0 Å². The molecular formula is C16H13Cl2N3O2. The molecule has 7 heteroatoms. The SMILES string of the molecule is COO/C=N/c1cc(-c2ccc(Cl)cc2Cl)c2nn(C)cc2c1. The zero-order chi connectivity index (χ0) is 16.4. The Hall–Kier alpha value is -2.08. The van der Waals surface area contributed by atoms with E-state index in [-0.39, 0.29) is 0 Å². The molecule has 1 aromatic heterocycles. The van der Waals surface area contributed by atoms with Crippen molar-refractivity contribution in [3.8, 4) is 11.1 Å². The highest BCUT2D eigenvalue weighted by Gasteiger charge is 2.13. The summed E-state index contributed by atoms with van der Waals surface area (Å²) in [6.45, 7) is 0. The van der Waals surface area contributed by atoms with Crippen LogP contribution in [0.3, 0.4) is 0 Å². The molecular weight excluding hydrogens is 337 g/mol. The third-order valence-corrected chi connectivity index (χ3v) is 3.82. The van der Waals surface area contributed by atoms with E-state index in [0.717, 1.165) is 22.0 Å². The van der Waals surface area contributed by atoms with Crippen LogP contribution in [-0.2, 0) is 16.8 Å². The van der Waals surface area contributed by atoms with Crippen LogP contribution < -0.4 is 0 Å². The van der Waals surface area contributed by atoms with E-state index in [2.05, 4.69) is 19.9 Å². The lowest BCUT2D eigenvalue weighted by atomic mass is 10.0. The lowest BCUT2D eigenvalue weighted by Crippen LogP contribution is -1.88. The summed E-state index contributed by atoms with van der Waals surface area (Å²) in [6.07, 6.45) is 3.14. The second-order valence-electron chi connectivity index (χ2n) is 4.86. The Kier molecular flexibility index (Phi) is 4.52. The number of hydrogen-bond acceptors (Lipinski definition) is 4. The minimum absolute atomic E-state index is 0.554. The highest BCUT2D eigenvalue weighted by Crippen LogP contribution is 2.37. The summed E-state index contributed by atoms with van der Waals surface area (Å²) in [5.74, 6) is 0. The van der Waals surface area contributed by atoms with Crippen molar-refractivity contribution in [1.29, 1.82) is 0 Å². The van der Waals surface area contributed by atoms with Gasteiger partial charge in [0.25, 0.3) is 0 Å². The number of aromatic nitrogens is 2. The van der Waals surface area contributed by atoms with Crippen LogP contribution in [0.4, 0.5) is 5.69 Å². The van der Waals surface area contributed by atoms with Crippen LogP contribution in [-0.4, -0.2) is 23.3 Å². The molecule has 0 fully saturated rings. The van der Waals surface area contributed by atoms with Crippen molar-refractivity contribution in [2.75, 3.05) is 7.11 Å². The van der Waals surface area contributed by atoms with Crippen LogP contribution in [0.1, 0.15) is 0 Å². The summed E-state index contributed by atoms with van der Waals surface area (Å²) < 4.78 is 1.75. The van der Waals surface area contributed by atoms with E-state index in [1.165, 1.54) is 13.5 Å². The Balaban J connectivity index is 2.20. The molecule has 3 aromatic rings. The van der Waals surface area contributed by atoms with Gasteiger partial charge in [-0.25, -0.2) is 4.99 Å². The van der Waals surface area contributed by atoms with E-state index >= 15 is 0 Å². The molecule has 1 heterocycles. The van der Waals surface area contributed by atoms with Gasteiger partial charge < -0.3 is 4.89 Å². The van der Waals surface area contributed by atoms with Crippen molar-refractivity contribution in [3.05, 3.63) is 46.6 Å². The molecule has 5 nitrogen and oxygen atoms in total. The first-order valence-electron chi connectivity index (χ1n) is 6.73. The van der Waals surface area contributed by atoms with Crippen LogP contribution in [0, 0.1) is 0 Å². The zero-order valence-corrected chi connectivity index (χ0v) is 14.0. The average molecular weight is 350 g/mol. The van der Waals surface area contributed by atoms with Gasteiger partial charge in [-0.2, -0.15) is 9.99 Å². The van der Waals surface area contributed by atoms with Crippen molar-refractivity contribution in [3.63, 3.8) is 0 Å². The molecule has 0 spiro atoms. The number of aliphatic imine (C=N–C) groups is 1. The second kappa shape index (κ2) is 6.58. The van der Waals surface area contributed by atoms with Crippen LogP contribution in [0.15, 0.2) is 41.5 Å². The standard InChI is InChI=1S/C16H13Cl2N3O2/c1-21-8-10-5-12(19-9-23-22-2)7-14(16(10)20-21)13-4-3-11(17)6-15(13)18/h3-9H,1-2H3/b19-9+. The van der Waals surface area contributed by atoms with Crippen molar-refractivity contribution >= 4 is 46.2 Å².